The Morgan fingerprint density at radius 1 is 1.23 bits per heavy atom. The fourth-order valence-electron chi connectivity index (χ4n) is 3.22. The molecule has 30 heavy (non-hydrogen) atoms. The second kappa shape index (κ2) is 10.7. The normalized spacial score (nSPS) is 17.0. The summed E-state index contributed by atoms with van der Waals surface area (Å²) in [7, 11) is 0. The van der Waals surface area contributed by atoms with Gasteiger partial charge in [-0.2, -0.15) is 13.2 Å². The number of guanidine groups is 1. The van der Waals surface area contributed by atoms with E-state index in [-0.39, 0.29) is 12.6 Å². The first-order chi connectivity index (χ1) is 14.5. The van der Waals surface area contributed by atoms with Crippen molar-refractivity contribution in [3.63, 3.8) is 0 Å². The number of aliphatic imine (C=N–C) groups is 1. The van der Waals surface area contributed by atoms with Crippen molar-refractivity contribution in [2.45, 2.75) is 25.7 Å². The van der Waals surface area contributed by atoms with Crippen LogP contribution in [0.3, 0.4) is 0 Å². The summed E-state index contributed by atoms with van der Waals surface area (Å²) in [6.07, 6.45) is -4.43. The quantitative estimate of drug-likeness (QED) is 0.510. The number of alkyl halides is 3. The van der Waals surface area contributed by atoms with Crippen molar-refractivity contribution >= 4 is 17.3 Å². The van der Waals surface area contributed by atoms with Gasteiger partial charge in [-0.3, -0.25) is 4.90 Å². The lowest BCUT2D eigenvalue weighted by atomic mass is 10.0. The Balaban J connectivity index is 1.67. The van der Waals surface area contributed by atoms with Crippen LogP contribution in [0.15, 0.2) is 40.7 Å². The molecule has 0 spiro atoms. The first-order valence-electron chi connectivity index (χ1n) is 9.88. The number of ether oxygens (including phenoxy) is 1. The Hall–Kier alpha value is -2.17. The Bertz CT molecular complexity index is 806. The molecule has 2 aromatic rings. The van der Waals surface area contributed by atoms with Gasteiger partial charge < -0.3 is 15.4 Å². The number of aromatic nitrogens is 1. The number of nitrogens with zero attached hydrogens (tertiary/aromatic N) is 3. The smallest absolute Gasteiger partial charge is 0.379 e. The van der Waals surface area contributed by atoms with Crippen LogP contribution in [0.1, 0.15) is 29.2 Å². The lowest BCUT2D eigenvalue weighted by molar-refractivity contribution is -0.140. The maximum atomic E-state index is 12.7. The van der Waals surface area contributed by atoms with Crippen LogP contribution < -0.4 is 10.6 Å². The van der Waals surface area contributed by atoms with Gasteiger partial charge in [0.2, 0.25) is 0 Å². The maximum absolute atomic E-state index is 12.7. The van der Waals surface area contributed by atoms with Crippen LogP contribution in [-0.2, 0) is 17.5 Å². The molecule has 1 aliphatic rings. The molecule has 2 heterocycles. The Morgan fingerprint density at radius 2 is 1.97 bits per heavy atom. The lowest BCUT2D eigenvalue weighted by Gasteiger charge is -2.35. The van der Waals surface area contributed by atoms with Gasteiger partial charge >= 0.3 is 6.18 Å². The Kier molecular flexibility index (Phi) is 8.06. The predicted molar refractivity (Wildman–Crippen MR) is 112 cm³/mol. The van der Waals surface area contributed by atoms with E-state index >= 15 is 0 Å². The molecule has 0 amide bonds. The van der Waals surface area contributed by atoms with Crippen molar-refractivity contribution in [2.75, 3.05) is 39.4 Å². The molecule has 0 aliphatic carbocycles. The summed E-state index contributed by atoms with van der Waals surface area (Å²) in [5, 5.41) is 7.83. The third kappa shape index (κ3) is 6.41. The Labute approximate surface area is 178 Å². The topological polar surface area (TPSA) is 61.8 Å². The average Bonchev–Trinajstić information content (AvgIpc) is 3.23. The summed E-state index contributed by atoms with van der Waals surface area (Å²) < 4.78 is 43.7. The maximum Gasteiger partial charge on any atom is 0.434 e. The summed E-state index contributed by atoms with van der Waals surface area (Å²) in [5.41, 5.74) is 0.324. The first kappa shape index (κ1) is 22.5. The van der Waals surface area contributed by atoms with E-state index in [1.807, 2.05) is 25.1 Å². The third-order valence-corrected chi connectivity index (χ3v) is 5.53. The molecule has 1 aromatic carbocycles. The summed E-state index contributed by atoms with van der Waals surface area (Å²) in [6, 6.07) is 10.4. The molecule has 3 rings (SSSR count). The van der Waals surface area contributed by atoms with E-state index in [9.17, 15) is 13.2 Å². The molecule has 6 nitrogen and oxygen atoms in total. The monoisotopic (exact) mass is 441 g/mol. The summed E-state index contributed by atoms with van der Waals surface area (Å²) in [6.45, 7) is 6.36. The molecular weight excluding hydrogens is 415 g/mol. The molecule has 10 heteroatoms. The molecule has 1 unspecified atom stereocenters. The van der Waals surface area contributed by atoms with E-state index in [1.54, 1.807) is 0 Å². The number of hydrogen-bond acceptors (Lipinski definition) is 5. The van der Waals surface area contributed by atoms with Gasteiger partial charge in [-0.15, -0.1) is 11.3 Å². The number of halogens is 3. The van der Waals surface area contributed by atoms with E-state index in [1.165, 1.54) is 5.56 Å². The molecular formula is C20H26F3N5OS. The molecule has 1 aliphatic heterocycles. The molecule has 2 N–H and O–H groups in total. The van der Waals surface area contributed by atoms with Gasteiger partial charge in [0.25, 0.3) is 0 Å². The number of hydrogen-bond donors (Lipinski definition) is 2. The van der Waals surface area contributed by atoms with E-state index in [4.69, 9.17) is 4.74 Å². The number of benzene rings is 1. The number of thiazole rings is 1. The Morgan fingerprint density at radius 3 is 2.60 bits per heavy atom. The van der Waals surface area contributed by atoms with Gasteiger partial charge in [-0.25, -0.2) is 9.98 Å². The van der Waals surface area contributed by atoms with Crippen LogP contribution >= 0.6 is 11.3 Å². The zero-order chi connectivity index (χ0) is 21.4. The SMILES string of the molecule is CCNC(=NCc1nc(C(F)(F)F)cs1)NCC(c1ccccc1)N1CCOCC1. The summed E-state index contributed by atoms with van der Waals surface area (Å²) >= 11 is 0.965. The summed E-state index contributed by atoms with van der Waals surface area (Å²) in [4.78, 5) is 10.4. The van der Waals surface area contributed by atoms with Crippen LogP contribution in [0, 0.1) is 0 Å². The lowest BCUT2D eigenvalue weighted by Crippen LogP contribution is -2.46. The van der Waals surface area contributed by atoms with Crippen molar-refractivity contribution in [3.8, 4) is 0 Å². The fraction of sp³-hybridized carbons (Fsp3) is 0.500. The van der Waals surface area contributed by atoms with E-state index in [0.29, 0.717) is 37.3 Å². The van der Waals surface area contributed by atoms with E-state index in [0.717, 1.165) is 29.8 Å². The van der Waals surface area contributed by atoms with Crippen LogP contribution in [0.25, 0.3) is 0 Å². The second-order valence-corrected chi connectivity index (χ2v) is 7.72. The van der Waals surface area contributed by atoms with Crippen LogP contribution in [-0.4, -0.2) is 55.2 Å². The minimum absolute atomic E-state index is 0.0869. The first-order valence-corrected chi connectivity index (χ1v) is 10.8. The molecule has 164 valence electrons. The predicted octanol–water partition coefficient (Wildman–Crippen LogP) is 3.29. The molecule has 1 saturated heterocycles. The van der Waals surface area contributed by atoms with Crippen molar-refractivity contribution < 1.29 is 17.9 Å². The minimum atomic E-state index is -4.43. The zero-order valence-corrected chi connectivity index (χ0v) is 17.6. The highest BCUT2D eigenvalue weighted by atomic mass is 32.1. The van der Waals surface area contributed by atoms with Crippen molar-refractivity contribution in [1.29, 1.82) is 0 Å². The van der Waals surface area contributed by atoms with E-state index in [2.05, 4.69) is 37.6 Å². The highest BCUT2D eigenvalue weighted by Crippen LogP contribution is 2.30. The number of morpholine rings is 1. The second-order valence-electron chi connectivity index (χ2n) is 6.78. The van der Waals surface area contributed by atoms with Crippen molar-refractivity contribution in [2.24, 2.45) is 4.99 Å². The number of rotatable bonds is 7. The highest BCUT2D eigenvalue weighted by Gasteiger charge is 2.33. The van der Waals surface area contributed by atoms with E-state index < -0.39 is 11.9 Å². The third-order valence-electron chi connectivity index (χ3n) is 4.69. The zero-order valence-electron chi connectivity index (χ0n) is 16.8. The molecule has 1 atom stereocenters. The van der Waals surface area contributed by atoms with Gasteiger partial charge in [0.1, 0.15) is 5.01 Å². The van der Waals surface area contributed by atoms with Crippen LogP contribution in [0.2, 0.25) is 0 Å². The standard InChI is InChI=1S/C20H26F3N5OS/c1-2-24-19(26-13-18-27-17(14-30-18)20(21,22)23)25-12-16(15-6-4-3-5-7-15)28-8-10-29-11-9-28/h3-7,14,16H,2,8-13H2,1H3,(H2,24,25,26). The van der Waals surface area contributed by atoms with Crippen LogP contribution in [0.4, 0.5) is 13.2 Å². The van der Waals surface area contributed by atoms with Gasteiger partial charge in [0.05, 0.1) is 25.8 Å². The number of nitrogens with one attached hydrogen (secondary N) is 2. The van der Waals surface area contributed by atoms with Crippen LogP contribution in [0.5, 0.6) is 0 Å². The molecule has 1 fully saturated rings. The van der Waals surface area contributed by atoms with Gasteiger partial charge in [-0.05, 0) is 12.5 Å². The minimum Gasteiger partial charge on any atom is -0.379 e. The van der Waals surface area contributed by atoms with Gasteiger partial charge in [0.15, 0.2) is 11.7 Å². The summed E-state index contributed by atoms with van der Waals surface area (Å²) in [5.74, 6) is 0.551. The van der Waals surface area contributed by atoms with Gasteiger partial charge in [-0.1, -0.05) is 30.3 Å². The average molecular weight is 442 g/mol. The van der Waals surface area contributed by atoms with Crippen molar-refractivity contribution in [3.05, 3.63) is 52.0 Å². The fourth-order valence-corrected chi connectivity index (χ4v) is 3.94. The largest absolute Gasteiger partial charge is 0.434 e. The molecule has 0 bridgehead atoms. The molecule has 0 radical (unpaired) electrons. The molecule has 1 aromatic heterocycles. The van der Waals surface area contributed by atoms with Crippen molar-refractivity contribution in [1.82, 2.24) is 20.5 Å². The van der Waals surface area contributed by atoms with Gasteiger partial charge in [0, 0.05) is 31.6 Å². The molecule has 0 saturated carbocycles. The highest BCUT2D eigenvalue weighted by molar-refractivity contribution is 7.09.